The summed E-state index contributed by atoms with van der Waals surface area (Å²) in [6.07, 6.45) is 5.84. The zero-order valence-electron chi connectivity index (χ0n) is 14.5. The minimum Gasteiger partial charge on any atom is -0.481 e. The second-order valence-corrected chi connectivity index (χ2v) is 8.29. The van der Waals surface area contributed by atoms with Gasteiger partial charge in [-0.15, -0.1) is 0 Å². The van der Waals surface area contributed by atoms with Gasteiger partial charge in [0.2, 0.25) is 5.91 Å². The Morgan fingerprint density at radius 2 is 1.83 bits per heavy atom. The van der Waals surface area contributed by atoms with Gasteiger partial charge >= 0.3 is 5.97 Å². The van der Waals surface area contributed by atoms with E-state index in [0.29, 0.717) is 5.92 Å². The Morgan fingerprint density at radius 1 is 1.21 bits per heavy atom. The van der Waals surface area contributed by atoms with Crippen LogP contribution in [0.25, 0.3) is 0 Å². The average Bonchev–Trinajstić information content (AvgIpc) is 2.77. The van der Waals surface area contributed by atoms with Gasteiger partial charge in [0.1, 0.15) is 0 Å². The van der Waals surface area contributed by atoms with Gasteiger partial charge in [0, 0.05) is 36.9 Å². The predicted octanol–water partition coefficient (Wildman–Crippen LogP) is 2.01. The molecule has 2 unspecified atom stereocenters. The monoisotopic (exact) mass is 331 g/mol. The first-order valence-corrected chi connectivity index (χ1v) is 8.85. The lowest BCUT2D eigenvalue weighted by atomic mass is 9.87. The number of amides is 1. The summed E-state index contributed by atoms with van der Waals surface area (Å²) in [7, 11) is 1.97. The molecule has 24 heavy (non-hydrogen) atoms. The van der Waals surface area contributed by atoms with E-state index in [1.807, 2.05) is 36.7 Å². The number of aromatic nitrogens is 2. The zero-order valence-corrected chi connectivity index (χ0v) is 14.5. The summed E-state index contributed by atoms with van der Waals surface area (Å²) in [6.45, 7) is 3.80. The molecule has 3 aliphatic rings. The van der Waals surface area contributed by atoms with Crippen LogP contribution in [0.2, 0.25) is 0 Å². The standard InChI is InChI=1S/C18H25N3O3/c1-18(2)14(15(18)17(23)24)16(22)21-11-4-5-12(21)9-10(8-11)13-6-7-19-20(13)3/h6-7,10-12,14-15H,4-5,8-9H2,1-3H3,(H,23,24)/t10?,11?,12?,14-,15+/m0/s1. The number of nitrogens with zero attached hydrogens (tertiary/aromatic N) is 3. The van der Waals surface area contributed by atoms with Crippen molar-refractivity contribution in [1.82, 2.24) is 14.7 Å². The fraction of sp³-hybridized carbons (Fsp3) is 0.722. The number of hydrogen-bond donors (Lipinski definition) is 1. The van der Waals surface area contributed by atoms with Crippen molar-refractivity contribution in [1.29, 1.82) is 0 Å². The van der Waals surface area contributed by atoms with Crippen LogP contribution in [0.5, 0.6) is 0 Å². The number of aliphatic carboxylic acids is 1. The van der Waals surface area contributed by atoms with Crippen LogP contribution in [0.1, 0.15) is 51.1 Å². The molecule has 1 aromatic heterocycles. The fourth-order valence-electron chi connectivity index (χ4n) is 5.28. The van der Waals surface area contributed by atoms with E-state index in [0.717, 1.165) is 25.7 Å². The molecule has 1 amide bonds. The third kappa shape index (κ3) is 2.11. The Morgan fingerprint density at radius 3 is 2.29 bits per heavy atom. The van der Waals surface area contributed by atoms with E-state index in [1.165, 1.54) is 5.69 Å². The van der Waals surface area contributed by atoms with E-state index in [2.05, 4.69) is 11.2 Å². The number of aryl methyl sites for hydroxylation is 1. The Kier molecular flexibility index (Phi) is 3.31. The molecule has 0 radical (unpaired) electrons. The van der Waals surface area contributed by atoms with Gasteiger partial charge in [-0.05, 0) is 37.2 Å². The number of carbonyl (C=O) groups is 2. The summed E-state index contributed by atoms with van der Waals surface area (Å²) in [5, 5.41) is 13.6. The minimum atomic E-state index is -0.838. The average molecular weight is 331 g/mol. The number of piperidine rings is 1. The van der Waals surface area contributed by atoms with Gasteiger partial charge in [0.25, 0.3) is 0 Å². The van der Waals surface area contributed by atoms with Crippen LogP contribution in [-0.2, 0) is 16.6 Å². The molecule has 6 heteroatoms. The van der Waals surface area contributed by atoms with E-state index in [9.17, 15) is 14.7 Å². The van der Waals surface area contributed by atoms with Crippen molar-refractivity contribution in [3.8, 4) is 0 Å². The molecule has 0 aromatic carbocycles. The summed E-state index contributed by atoms with van der Waals surface area (Å²) in [5.74, 6) is -1.20. The maximum absolute atomic E-state index is 13.1. The molecule has 6 nitrogen and oxygen atoms in total. The van der Waals surface area contributed by atoms with Crippen molar-refractivity contribution in [2.24, 2.45) is 24.3 Å². The SMILES string of the molecule is Cn1nccc1C1CC2CCC(C1)N2C(=O)[C@@H]1[C@H](C(=O)O)C1(C)C. The molecular weight excluding hydrogens is 306 g/mol. The molecule has 4 atom stereocenters. The second kappa shape index (κ2) is 5.07. The van der Waals surface area contributed by atoms with E-state index >= 15 is 0 Å². The maximum atomic E-state index is 13.1. The summed E-state index contributed by atoms with van der Waals surface area (Å²) < 4.78 is 1.94. The molecule has 0 spiro atoms. The zero-order chi connectivity index (χ0) is 17.2. The van der Waals surface area contributed by atoms with E-state index in [1.54, 1.807) is 0 Å². The van der Waals surface area contributed by atoms with E-state index in [4.69, 9.17) is 0 Å². The van der Waals surface area contributed by atoms with Crippen molar-refractivity contribution in [3.63, 3.8) is 0 Å². The number of fused-ring (bicyclic) bond motifs is 2. The first-order valence-electron chi connectivity index (χ1n) is 8.85. The minimum absolute atomic E-state index is 0.0726. The van der Waals surface area contributed by atoms with Gasteiger partial charge in [-0.3, -0.25) is 14.3 Å². The van der Waals surface area contributed by atoms with Crippen LogP contribution in [-0.4, -0.2) is 43.7 Å². The van der Waals surface area contributed by atoms with Crippen LogP contribution in [0.4, 0.5) is 0 Å². The Hall–Kier alpha value is -1.85. The summed E-state index contributed by atoms with van der Waals surface area (Å²) in [6, 6.07) is 2.58. The topological polar surface area (TPSA) is 75.4 Å². The summed E-state index contributed by atoms with van der Waals surface area (Å²) >= 11 is 0. The first kappa shape index (κ1) is 15.7. The largest absolute Gasteiger partial charge is 0.481 e. The fourth-order valence-corrected chi connectivity index (χ4v) is 5.28. The molecule has 1 aromatic rings. The highest BCUT2D eigenvalue weighted by Crippen LogP contribution is 2.60. The quantitative estimate of drug-likeness (QED) is 0.919. The van der Waals surface area contributed by atoms with Gasteiger partial charge in [-0.25, -0.2) is 0 Å². The third-order valence-corrected chi connectivity index (χ3v) is 6.62. The Balaban J connectivity index is 1.52. The lowest BCUT2D eigenvalue weighted by Crippen LogP contribution is -2.47. The molecule has 2 aliphatic heterocycles. The van der Waals surface area contributed by atoms with Crippen molar-refractivity contribution in [2.75, 3.05) is 0 Å². The van der Waals surface area contributed by atoms with Gasteiger partial charge in [-0.2, -0.15) is 5.10 Å². The lowest BCUT2D eigenvalue weighted by Gasteiger charge is -2.39. The highest BCUT2D eigenvalue weighted by Gasteiger charge is 2.67. The summed E-state index contributed by atoms with van der Waals surface area (Å²) in [4.78, 5) is 26.5. The highest BCUT2D eigenvalue weighted by atomic mass is 16.4. The van der Waals surface area contributed by atoms with Crippen molar-refractivity contribution in [3.05, 3.63) is 18.0 Å². The molecular formula is C18H25N3O3. The Bertz CT molecular complexity index is 681. The van der Waals surface area contributed by atoms with Crippen molar-refractivity contribution < 1.29 is 14.7 Å². The van der Waals surface area contributed by atoms with Gasteiger partial charge < -0.3 is 10.0 Å². The van der Waals surface area contributed by atoms with Gasteiger partial charge in [0.05, 0.1) is 11.8 Å². The van der Waals surface area contributed by atoms with Crippen LogP contribution < -0.4 is 0 Å². The molecule has 1 N–H and O–H groups in total. The first-order chi connectivity index (χ1) is 11.3. The number of hydrogen-bond acceptors (Lipinski definition) is 3. The van der Waals surface area contributed by atoms with Gasteiger partial charge in [-0.1, -0.05) is 13.8 Å². The molecule has 2 bridgehead atoms. The van der Waals surface area contributed by atoms with Crippen molar-refractivity contribution >= 4 is 11.9 Å². The molecule has 1 aliphatic carbocycles. The molecule has 1 saturated carbocycles. The molecule has 3 heterocycles. The number of rotatable bonds is 3. The van der Waals surface area contributed by atoms with Crippen LogP contribution in [0, 0.1) is 17.3 Å². The molecule has 130 valence electrons. The number of carboxylic acid groups (broad SMARTS) is 1. The Labute approximate surface area is 141 Å². The predicted molar refractivity (Wildman–Crippen MR) is 87.2 cm³/mol. The van der Waals surface area contributed by atoms with Crippen LogP contribution in [0.3, 0.4) is 0 Å². The second-order valence-electron chi connectivity index (χ2n) is 8.29. The molecule has 2 saturated heterocycles. The van der Waals surface area contributed by atoms with Gasteiger partial charge in [0.15, 0.2) is 0 Å². The lowest BCUT2D eigenvalue weighted by molar-refractivity contribution is -0.143. The van der Waals surface area contributed by atoms with E-state index < -0.39 is 17.3 Å². The maximum Gasteiger partial charge on any atom is 0.307 e. The molecule has 3 fully saturated rings. The van der Waals surface area contributed by atoms with Crippen LogP contribution in [0.15, 0.2) is 12.3 Å². The number of carbonyl (C=O) groups excluding carboxylic acids is 1. The summed E-state index contributed by atoms with van der Waals surface area (Å²) in [5.41, 5.74) is 0.829. The smallest absolute Gasteiger partial charge is 0.307 e. The number of carboxylic acids is 1. The highest BCUT2D eigenvalue weighted by molar-refractivity contribution is 5.92. The van der Waals surface area contributed by atoms with Crippen molar-refractivity contribution in [2.45, 2.75) is 57.5 Å². The third-order valence-electron chi connectivity index (χ3n) is 6.62. The molecule has 4 rings (SSSR count). The van der Waals surface area contributed by atoms with Crippen LogP contribution >= 0.6 is 0 Å². The normalized spacial score (nSPS) is 36.6. The van der Waals surface area contributed by atoms with E-state index in [-0.39, 0.29) is 23.9 Å².